The minimum atomic E-state index is 0.221. The average Bonchev–Trinajstić information content (AvgIpc) is 2.39. The molecule has 0 aliphatic rings. The minimum absolute atomic E-state index is 0.221. The van der Waals surface area contributed by atoms with Gasteiger partial charge >= 0.3 is 0 Å². The van der Waals surface area contributed by atoms with Gasteiger partial charge in [-0.1, -0.05) is 39.0 Å². The molecule has 1 unspecified atom stereocenters. The number of hydrogen-bond donors (Lipinski definition) is 1. The molecule has 1 atom stereocenters. The number of nitrogens with one attached hydrogen (secondary N) is 1. The van der Waals surface area contributed by atoms with E-state index in [4.69, 9.17) is 0 Å². The summed E-state index contributed by atoms with van der Waals surface area (Å²) in [7, 11) is 2.04. The SMILES string of the molecule is CCC(C)(C)C(NC)c1cccc2ccncc12. The van der Waals surface area contributed by atoms with Crippen molar-refractivity contribution in [3.63, 3.8) is 0 Å². The van der Waals surface area contributed by atoms with Crippen molar-refractivity contribution in [3.05, 3.63) is 42.2 Å². The number of rotatable bonds is 4. The summed E-state index contributed by atoms with van der Waals surface area (Å²) in [6.45, 7) is 6.86. The van der Waals surface area contributed by atoms with Gasteiger partial charge in [0.25, 0.3) is 0 Å². The van der Waals surface area contributed by atoms with Crippen molar-refractivity contribution in [2.45, 2.75) is 33.2 Å². The van der Waals surface area contributed by atoms with E-state index in [0.29, 0.717) is 6.04 Å². The van der Waals surface area contributed by atoms with Crippen LogP contribution in [-0.2, 0) is 0 Å². The maximum atomic E-state index is 4.27. The van der Waals surface area contributed by atoms with Gasteiger partial charge in [0, 0.05) is 23.8 Å². The van der Waals surface area contributed by atoms with E-state index in [-0.39, 0.29) is 5.41 Å². The normalized spacial score (nSPS) is 13.8. The van der Waals surface area contributed by atoms with Gasteiger partial charge in [-0.25, -0.2) is 0 Å². The molecule has 2 aromatic rings. The van der Waals surface area contributed by atoms with E-state index in [0.717, 1.165) is 6.42 Å². The topological polar surface area (TPSA) is 24.9 Å². The molecule has 1 aromatic heterocycles. The molecule has 96 valence electrons. The molecule has 2 heteroatoms. The highest BCUT2D eigenvalue weighted by Crippen LogP contribution is 2.38. The number of aromatic nitrogens is 1. The molecular weight excluding hydrogens is 220 g/mol. The highest BCUT2D eigenvalue weighted by Gasteiger charge is 2.28. The molecule has 0 fully saturated rings. The summed E-state index contributed by atoms with van der Waals surface area (Å²) >= 11 is 0. The molecule has 0 radical (unpaired) electrons. The molecular formula is C16H22N2. The Balaban J connectivity index is 2.59. The Morgan fingerprint density at radius 2 is 2.06 bits per heavy atom. The Morgan fingerprint density at radius 3 is 2.72 bits per heavy atom. The van der Waals surface area contributed by atoms with Gasteiger partial charge in [0.05, 0.1) is 0 Å². The molecule has 1 aromatic carbocycles. The molecule has 18 heavy (non-hydrogen) atoms. The zero-order valence-electron chi connectivity index (χ0n) is 11.7. The lowest BCUT2D eigenvalue weighted by atomic mass is 9.77. The second-order valence-electron chi connectivity index (χ2n) is 5.51. The average molecular weight is 242 g/mol. The van der Waals surface area contributed by atoms with Crippen molar-refractivity contribution in [2.75, 3.05) is 7.05 Å². The first kappa shape index (κ1) is 13.0. The third-order valence-corrected chi connectivity index (χ3v) is 4.01. The van der Waals surface area contributed by atoms with E-state index < -0.39 is 0 Å². The van der Waals surface area contributed by atoms with Crippen LogP contribution in [0.5, 0.6) is 0 Å². The quantitative estimate of drug-likeness (QED) is 0.878. The highest BCUT2D eigenvalue weighted by atomic mass is 14.9. The Kier molecular flexibility index (Phi) is 3.67. The molecule has 0 aliphatic carbocycles. The van der Waals surface area contributed by atoms with Crippen molar-refractivity contribution in [3.8, 4) is 0 Å². The Labute approximate surface area is 109 Å². The zero-order chi connectivity index (χ0) is 13.2. The molecule has 0 saturated heterocycles. The Hall–Kier alpha value is -1.41. The van der Waals surface area contributed by atoms with Crippen LogP contribution in [0, 0.1) is 5.41 Å². The smallest absolute Gasteiger partial charge is 0.0376 e. The summed E-state index contributed by atoms with van der Waals surface area (Å²) in [5.74, 6) is 0. The highest BCUT2D eigenvalue weighted by molar-refractivity contribution is 5.85. The van der Waals surface area contributed by atoms with Gasteiger partial charge in [-0.05, 0) is 35.9 Å². The molecule has 2 rings (SSSR count). The third-order valence-electron chi connectivity index (χ3n) is 4.01. The van der Waals surface area contributed by atoms with E-state index in [1.165, 1.54) is 16.3 Å². The van der Waals surface area contributed by atoms with Gasteiger partial charge in [-0.3, -0.25) is 4.98 Å². The van der Waals surface area contributed by atoms with Crippen LogP contribution in [0.25, 0.3) is 10.8 Å². The van der Waals surface area contributed by atoms with Gasteiger partial charge in [-0.2, -0.15) is 0 Å². The van der Waals surface area contributed by atoms with E-state index in [2.05, 4.69) is 55.3 Å². The number of nitrogens with zero attached hydrogens (tertiary/aromatic N) is 1. The lowest BCUT2D eigenvalue weighted by Crippen LogP contribution is -2.31. The summed E-state index contributed by atoms with van der Waals surface area (Å²) in [4.78, 5) is 4.27. The standard InChI is InChI=1S/C16H22N2/c1-5-16(2,3)15(17-4)13-8-6-7-12-9-10-18-11-14(12)13/h6-11,15,17H,5H2,1-4H3. The molecule has 0 aliphatic heterocycles. The lowest BCUT2D eigenvalue weighted by Gasteiger charge is -2.34. The van der Waals surface area contributed by atoms with Crippen LogP contribution < -0.4 is 5.32 Å². The summed E-state index contributed by atoms with van der Waals surface area (Å²) in [6, 6.07) is 8.91. The van der Waals surface area contributed by atoms with Gasteiger partial charge < -0.3 is 5.32 Å². The fourth-order valence-corrected chi connectivity index (χ4v) is 2.56. The summed E-state index contributed by atoms with van der Waals surface area (Å²) in [5, 5.41) is 5.98. The van der Waals surface area contributed by atoms with Crippen molar-refractivity contribution in [1.29, 1.82) is 0 Å². The van der Waals surface area contributed by atoms with Crippen LogP contribution in [0.4, 0.5) is 0 Å². The van der Waals surface area contributed by atoms with Gasteiger partial charge in [-0.15, -0.1) is 0 Å². The Morgan fingerprint density at radius 1 is 1.28 bits per heavy atom. The molecule has 0 bridgehead atoms. The van der Waals surface area contributed by atoms with Crippen LogP contribution in [0.15, 0.2) is 36.7 Å². The second-order valence-corrected chi connectivity index (χ2v) is 5.51. The molecule has 0 saturated carbocycles. The number of benzene rings is 1. The first-order valence-electron chi connectivity index (χ1n) is 6.60. The fourth-order valence-electron chi connectivity index (χ4n) is 2.56. The zero-order valence-corrected chi connectivity index (χ0v) is 11.7. The summed E-state index contributed by atoms with van der Waals surface area (Å²) < 4.78 is 0. The van der Waals surface area contributed by atoms with Gasteiger partial charge in [0.2, 0.25) is 0 Å². The van der Waals surface area contributed by atoms with E-state index in [1.54, 1.807) is 0 Å². The van der Waals surface area contributed by atoms with E-state index in [9.17, 15) is 0 Å². The number of hydrogen-bond acceptors (Lipinski definition) is 2. The molecule has 1 N–H and O–H groups in total. The molecule has 2 nitrogen and oxygen atoms in total. The van der Waals surface area contributed by atoms with Crippen LogP contribution in [-0.4, -0.2) is 12.0 Å². The largest absolute Gasteiger partial charge is 0.313 e. The maximum absolute atomic E-state index is 4.27. The minimum Gasteiger partial charge on any atom is -0.313 e. The molecule has 0 amide bonds. The van der Waals surface area contributed by atoms with Crippen LogP contribution in [0.1, 0.15) is 38.8 Å². The van der Waals surface area contributed by atoms with Gasteiger partial charge in [0.1, 0.15) is 0 Å². The fraction of sp³-hybridized carbons (Fsp3) is 0.438. The predicted molar refractivity (Wildman–Crippen MR) is 77.6 cm³/mol. The lowest BCUT2D eigenvalue weighted by molar-refractivity contribution is 0.247. The van der Waals surface area contributed by atoms with Gasteiger partial charge in [0.15, 0.2) is 0 Å². The second kappa shape index (κ2) is 5.07. The van der Waals surface area contributed by atoms with E-state index >= 15 is 0 Å². The number of fused-ring (bicyclic) bond motifs is 1. The third kappa shape index (κ3) is 2.25. The van der Waals surface area contributed by atoms with E-state index in [1.807, 2.05) is 19.4 Å². The monoisotopic (exact) mass is 242 g/mol. The van der Waals surface area contributed by atoms with Crippen molar-refractivity contribution < 1.29 is 0 Å². The van der Waals surface area contributed by atoms with Crippen molar-refractivity contribution in [1.82, 2.24) is 10.3 Å². The number of pyridine rings is 1. The molecule has 0 spiro atoms. The van der Waals surface area contributed by atoms with Crippen LogP contribution in [0.2, 0.25) is 0 Å². The predicted octanol–water partition coefficient (Wildman–Crippen LogP) is 3.93. The van der Waals surface area contributed by atoms with Crippen LogP contribution in [0.3, 0.4) is 0 Å². The van der Waals surface area contributed by atoms with Crippen LogP contribution >= 0.6 is 0 Å². The summed E-state index contributed by atoms with van der Waals surface area (Å²) in [6.07, 6.45) is 4.96. The first-order chi connectivity index (χ1) is 8.60. The summed E-state index contributed by atoms with van der Waals surface area (Å²) in [5.41, 5.74) is 1.56. The van der Waals surface area contributed by atoms with Crippen molar-refractivity contribution >= 4 is 10.8 Å². The Bertz CT molecular complexity index is 526. The first-order valence-corrected chi connectivity index (χ1v) is 6.60. The van der Waals surface area contributed by atoms with Crippen molar-refractivity contribution in [2.24, 2.45) is 5.41 Å². The molecule has 1 heterocycles. The maximum Gasteiger partial charge on any atom is 0.0376 e.